The van der Waals surface area contributed by atoms with Gasteiger partial charge in [-0.1, -0.05) is 18.2 Å². The largest absolute Gasteiger partial charge is 0.354 e. The van der Waals surface area contributed by atoms with Crippen LogP contribution in [0.5, 0.6) is 0 Å². The molecule has 0 aliphatic carbocycles. The molecule has 0 aromatic heterocycles. The SMILES string of the molecule is O=C(CCNC(=O)C1CC(F)(F)CN1)Nc1ccccc1. The van der Waals surface area contributed by atoms with Gasteiger partial charge >= 0.3 is 0 Å². The third kappa shape index (κ3) is 4.78. The van der Waals surface area contributed by atoms with E-state index in [2.05, 4.69) is 16.0 Å². The maximum absolute atomic E-state index is 12.9. The number of rotatable bonds is 5. The van der Waals surface area contributed by atoms with E-state index in [1.807, 2.05) is 6.07 Å². The number of alkyl halides is 2. The van der Waals surface area contributed by atoms with Gasteiger partial charge in [0.15, 0.2) is 0 Å². The van der Waals surface area contributed by atoms with E-state index in [4.69, 9.17) is 0 Å². The Kier molecular flexibility index (Phi) is 4.85. The highest BCUT2D eigenvalue weighted by atomic mass is 19.3. The number of carbonyl (C=O) groups excluding carboxylic acids is 2. The molecular weight excluding hydrogens is 280 g/mol. The summed E-state index contributed by atoms with van der Waals surface area (Å²) in [5.41, 5.74) is 0.672. The van der Waals surface area contributed by atoms with Crippen molar-refractivity contribution in [2.75, 3.05) is 18.4 Å². The van der Waals surface area contributed by atoms with Gasteiger partial charge < -0.3 is 10.6 Å². The molecule has 0 bridgehead atoms. The Morgan fingerprint density at radius 1 is 1.29 bits per heavy atom. The lowest BCUT2D eigenvalue weighted by Crippen LogP contribution is -2.41. The summed E-state index contributed by atoms with van der Waals surface area (Å²) in [6, 6.07) is 8.03. The van der Waals surface area contributed by atoms with Crippen LogP contribution in [0.2, 0.25) is 0 Å². The Bertz CT molecular complexity index is 508. The molecule has 1 saturated heterocycles. The van der Waals surface area contributed by atoms with Gasteiger partial charge in [-0.2, -0.15) is 0 Å². The van der Waals surface area contributed by atoms with Gasteiger partial charge in [-0.25, -0.2) is 8.78 Å². The molecule has 0 saturated carbocycles. The van der Waals surface area contributed by atoms with E-state index in [9.17, 15) is 18.4 Å². The Hall–Kier alpha value is -2.02. The second-order valence-corrected chi connectivity index (χ2v) is 4.95. The molecule has 1 unspecified atom stereocenters. The molecule has 2 amide bonds. The lowest BCUT2D eigenvalue weighted by atomic mass is 10.2. The third-order valence-corrected chi connectivity index (χ3v) is 3.14. The molecule has 114 valence electrons. The van der Waals surface area contributed by atoms with E-state index in [-0.39, 0.29) is 18.9 Å². The van der Waals surface area contributed by atoms with Crippen LogP contribution < -0.4 is 16.0 Å². The Labute approximate surface area is 121 Å². The molecule has 1 heterocycles. The first-order valence-corrected chi connectivity index (χ1v) is 6.70. The topological polar surface area (TPSA) is 70.2 Å². The minimum Gasteiger partial charge on any atom is -0.354 e. The van der Waals surface area contributed by atoms with Crippen LogP contribution in [0.4, 0.5) is 14.5 Å². The van der Waals surface area contributed by atoms with Gasteiger partial charge in [-0.3, -0.25) is 14.9 Å². The van der Waals surface area contributed by atoms with Gasteiger partial charge in [-0.15, -0.1) is 0 Å². The summed E-state index contributed by atoms with van der Waals surface area (Å²) in [7, 11) is 0. The van der Waals surface area contributed by atoms with E-state index in [0.29, 0.717) is 5.69 Å². The average Bonchev–Trinajstić information content (AvgIpc) is 2.80. The zero-order valence-electron chi connectivity index (χ0n) is 11.4. The molecule has 1 aromatic carbocycles. The zero-order valence-corrected chi connectivity index (χ0v) is 11.4. The first-order valence-electron chi connectivity index (χ1n) is 6.70. The molecule has 1 aliphatic heterocycles. The predicted octanol–water partition coefficient (Wildman–Crippen LogP) is 1.13. The second-order valence-electron chi connectivity index (χ2n) is 4.95. The van der Waals surface area contributed by atoms with Crippen LogP contribution in [-0.2, 0) is 9.59 Å². The fraction of sp³-hybridized carbons (Fsp3) is 0.429. The van der Waals surface area contributed by atoms with Crippen molar-refractivity contribution >= 4 is 17.5 Å². The van der Waals surface area contributed by atoms with Crippen molar-refractivity contribution in [3.05, 3.63) is 30.3 Å². The molecule has 0 radical (unpaired) electrons. The zero-order chi connectivity index (χ0) is 15.3. The number of carbonyl (C=O) groups is 2. The molecule has 1 aromatic rings. The van der Waals surface area contributed by atoms with Crippen LogP contribution >= 0.6 is 0 Å². The summed E-state index contributed by atoms with van der Waals surface area (Å²) in [4.78, 5) is 23.3. The summed E-state index contributed by atoms with van der Waals surface area (Å²) < 4.78 is 25.9. The third-order valence-electron chi connectivity index (χ3n) is 3.14. The van der Waals surface area contributed by atoms with Crippen LogP contribution in [0.15, 0.2) is 30.3 Å². The highest BCUT2D eigenvalue weighted by molar-refractivity contribution is 5.91. The molecule has 21 heavy (non-hydrogen) atoms. The molecule has 5 nitrogen and oxygen atoms in total. The summed E-state index contributed by atoms with van der Waals surface area (Å²) in [6.45, 7) is -0.374. The minimum absolute atomic E-state index is 0.0871. The van der Waals surface area contributed by atoms with E-state index in [1.165, 1.54) is 0 Å². The molecule has 0 spiro atoms. The summed E-state index contributed by atoms with van der Waals surface area (Å²) in [5, 5.41) is 7.62. The van der Waals surface area contributed by atoms with Crippen LogP contribution in [0.3, 0.4) is 0 Å². The Morgan fingerprint density at radius 2 is 2.00 bits per heavy atom. The lowest BCUT2D eigenvalue weighted by molar-refractivity contribution is -0.123. The van der Waals surface area contributed by atoms with E-state index in [1.54, 1.807) is 24.3 Å². The van der Waals surface area contributed by atoms with Gasteiger partial charge in [0.05, 0.1) is 12.6 Å². The molecule has 2 rings (SSSR count). The van der Waals surface area contributed by atoms with E-state index >= 15 is 0 Å². The molecule has 7 heteroatoms. The lowest BCUT2D eigenvalue weighted by Gasteiger charge is -2.11. The number of para-hydroxylation sites is 1. The fourth-order valence-electron chi connectivity index (χ4n) is 2.07. The van der Waals surface area contributed by atoms with Crippen LogP contribution in [0, 0.1) is 0 Å². The van der Waals surface area contributed by atoms with Crippen molar-refractivity contribution in [3.63, 3.8) is 0 Å². The van der Waals surface area contributed by atoms with Gasteiger partial charge in [0.25, 0.3) is 5.92 Å². The average molecular weight is 297 g/mol. The number of nitrogens with one attached hydrogen (secondary N) is 3. The van der Waals surface area contributed by atoms with Crippen molar-refractivity contribution in [2.24, 2.45) is 0 Å². The molecule has 3 N–H and O–H groups in total. The summed E-state index contributed by atoms with van der Waals surface area (Å²) in [5.74, 6) is -3.59. The van der Waals surface area contributed by atoms with Crippen molar-refractivity contribution < 1.29 is 18.4 Å². The van der Waals surface area contributed by atoms with Gasteiger partial charge in [0.1, 0.15) is 0 Å². The monoisotopic (exact) mass is 297 g/mol. The summed E-state index contributed by atoms with van der Waals surface area (Å²) in [6.07, 6.45) is -0.418. The number of amides is 2. The Balaban J connectivity index is 1.67. The maximum Gasteiger partial charge on any atom is 0.262 e. The Morgan fingerprint density at radius 3 is 2.62 bits per heavy atom. The quantitative estimate of drug-likeness (QED) is 0.763. The number of anilines is 1. The minimum atomic E-state index is -2.84. The van der Waals surface area contributed by atoms with Crippen molar-refractivity contribution in [3.8, 4) is 0 Å². The van der Waals surface area contributed by atoms with Crippen LogP contribution in [-0.4, -0.2) is 36.9 Å². The standard InChI is InChI=1S/C14H17F2N3O2/c15-14(16)8-11(18-9-14)13(21)17-7-6-12(20)19-10-4-2-1-3-5-10/h1-5,11,18H,6-9H2,(H,17,21)(H,19,20). The van der Waals surface area contributed by atoms with E-state index in [0.717, 1.165) is 0 Å². The highest BCUT2D eigenvalue weighted by Gasteiger charge is 2.42. The predicted molar refractivity (Wildman–Crippen MR) is 74.1 cm³/mol. The number of hydrogen-bond donors (Lipinski definition) is 3. The highest BCUT2D eigenvalue weighted by Crippen LogP contribution is 2.24. The fourth-order valence-corrected chi connectivity index (χ4v) is 2.07. The number of hydrogen-bond acceptors (Lipinski definition) is 3. The van der Waals surface area contributed by atoms with Gasteiger partial charge in [0.2, 0.25) is 11.8 Å². The van der Waals surface area contributed by atoms with Crippen molar-refractivity contribution in [1.82, 2.24) is 10.6 Å². The summed E-state index contributed by atoms with van der Waals surface area (Å²) >= 11 is 0. The maximum atomic E-state index is 12.9. The first kappa shape index (κ1) is 15.4. The van der Waals surface area contributed by atoms with E-state index < -0.39 is 30.8 Å². The molecular formula is C14H17F2N3O2. The second kappa shape index (κ2) is 6.62. The molecule has 1 aliphatic rings. The number of halogens is 2. The van der Waals surface area contributed by atoms with Gasteiger partial charge in [-0.05, 0) is 12.1 Å². The normalized spacial score (nSPS) is 20.0. The van der Waals surface area contributed by atoms with Crippen molar-refractivity contribution in [1.29, 1.82) is 0 Å². The first-order chi connectivity index (χ1) is 9.96. The van der Waals surface area contributed by atoms with Crippen LogP contribution in [0.1, 0.15) is 12.8 Å². The van der Waals surface area contributed by atoms with Crippen LogP contribution in [0.25, 0.3) is 0 Å². The molecule has 1 atom stereocenters. The smallest absolute Gasteiger partial charge is 0.262 e. The number of benzene rings is 1. The van der Waals surface area contributed by atoms with Gasteiger partial charge in [0, 0.05) is 25.1 Å². The molecule has 1 fully saturated rings. The van der Waals surface area contributed by atoms with Crippen molar-refractivity contribution in [2.45, 2.75) is 24.8 Å².